The van der Waals surface area contributed by atoms with Crippen LogP contribution in [0.15, 0.2) is 42.5 Å². The number of aromatic carboxylic acids is 1. The number of nitrogens with one attached hydrogen (secondary N) is 1. The van der Waals surface area contributed by atoms with E-state index >= 15 is 0 Å². The van der Waals surface area contributed by atoms with Gasteiger partial charge in [-0.3, -0.25) is 0 Å². The summed E-state index contributed by atoms with van der Waals surface area (Å²) in [4.78, 5) is 11.6. The zero-order valence-corrected chi connectivity index (χ0v) is 14.5. The van der Waals surface area contributed by atoms with E-state index in [1.54, 1.807) is 6.07 Å². The Kier molecular flexibility index (Phi) is 3.40. The van der Waals surface area contributed by atoms with Gasteiger partial charge in [0.25, 0.3) is 0 Å². The van der Waals surface area contributed by atoms with E-state index in [1.807, 2.05) is 18.2 Å². The highest BCUT2D eigenvalue weighted by Crippen LogP contribution is 2.53. The molecule has 2 aromatic carbocycles. The number of carbonyl (C=O) groups excluding carboxylic acids is 1. The zero-order valence-electron chi connectivity index (χ0n) is 13.7. The number of allylic oxidation sites excluding steroid dienone is 2. The van der Waals surface area contributed by atoms with Crippen molar-refractivity contribution >= 4 is 23.3 Å². The normalized spacial score (nSPS) is 24.7. The summed E-state index contributed by atoms with van der Waals surface area (Å²) in [5.41, 5.74) is 2.65. The summed E-state index contributed by atoms with van der Waals surface area (Å²) in [6.45, 7) is 0.230. The van der Waals surface area contributed by atoms with Crippen LogP contribution in [0.1, 0.15) is 39.9 Å². The monoisotopic (exact) mass is 368 g/mol. The Morgan fingerprint density at radius 1 is 1.19 bits per heavy atom. The van der Waals surface area contributed by atoms with Gasteiger partial charge < -0.3 is 24.7 Å². The van der Waals surface area contributed by atoms with Crippen molar-refractivity contribution in [1.82, 2.24) is 0 Å². The van der Waals surface area contributed by atoms with Crippen molar-refractivity contribution in [2.75, 3.05) is 12.1 Å². The lowest BCUT2D eigenvalue weighted by molar-refractivity contribution is -0.255. The van der Waals surface area contributed by atoms with Crippen LogP contribution in [-0.2, 0) is 0 Å². The Morgan fingerprint density at radius 3 is 2.88 bits per heavy atom. The van der Waals surface area contributed by atoms with Crippen LogP contribution in [0.4, 0.5) is 5.69 Å². The summed E-state index contributed by atoms with van der Waals surface area (Å²) in [6, 6.07) is 9.03. The molecule has 0 unspecified atom stereocenters. The molecule has 0 spiro atoms. The molecule has 6 heteroatoms. The number of halogens is 1. The minimum Gasteiger partial charge on any atom is -0.545 e. The molecule has 0 saturated heterocycles. The molecule has 0 fully saturated rings. The van der Waals surface area contributed by atoms with Crippen LogP contribution in [0.5, 0.6) is 11.5 Å². The fourth-order valence-electron chi connectivity index (χ4n) is 4.29. The Balaban J connectivity index is 1.64. The molecule has 132 valence electrons. The molecule has 3 atom stereocenters. The topological polar surface area (TPSA) is 70.6 Å². The molecule has 2 aromatic rings. The highest BCUT2D eigenvalue weighted by atomic mass is 35.5. The molecule has 26 heavy (non-hydrogen) atoms. The van der Waals surface area contributed by atoms with Crippen LogP contribution in [0.25, 0.3) is 0 Å². The standard InChI is InChI=1S/C20H16ClNO4/c21-14-6-5-13(20(23)24)17-11-2-1-3-12(11)18(22-19(14)17)10-4-7-15-16(8-10)26-9-25-15/h1-2,4-8,11-12,18,22H,3,9H2,(H,23,24)/p-1/t11-,12+,18-/m0/s1. The fraction of sp³-hybridized carbons (Fsp3) is 0.250. The largest absolute Gasteiger partial charge is 0.545 e. The van der Waals surface area contributed by atoms with Gasteiger partial charge in [-0.25, -0.2) is 0 Å². The maximum Gasteiger partial charge on any atom is 0.231 e. The zero-order chi connectivity index (χ0) is 17.8. The summed E-state index contributed by atoms with van der Waals surface area (Å²) < 4.78 is 10.9. The average molecular weight is 369 g/mol. The number of hydrogen-bond acceptors (Lipinski definition) is 5. The molecular formula is C20H15ClNO4-. The first-order valence-corrected chi connectivity index (χ1v) is 8.88. The number of carbonyl (C=O) groups is 1. The maximum atomic E-state index is 11.6. The molecule has 0 bridgehead atoms. The minimum atomic E-state index is -1.18. The van der Waals surface area contributed by atoms with Crippen molar-refractivity contribution < 1.29 is 19.4 Å². The Bertz CT molecular complexity index is 955. The van der Waals surface area contributed by atoms with Crippen LogP contribution in [0.2, 0.25) is 5.02 Å². The first kappa shape index (κ1) is 15.6. The second kappa shape index (κ2) is 5.68. The predicted molar refractivity (Wildman–Crippen MR) is 94.7 cm³/mol. The second-order valence-corrected chi connectivity index (χ2v) is 7.17. The van der Waals surface area contributed by atoms with Gasteiger partial charge >= 0.3 is 0 Å². The van der Waals surface area contributed by atoms with E-state index in [1.165, 1.54) is 6.07 Å². The van der Waals surface area contributed by atoms with E-state index in [4.69, 9.17) is 21.1 Å². The highest BCUT2D eigenvalue weighted by Gasteiger charge is 2.40. The van der Waals surface area contributed by atoms with Crippen LogP contribution < -0.4 is 19.9 Å². The van der Waals surface area contributed by atoms with E-state index in [0.29, 0.717) is 16.3 Å². The van der Waals surface area contributed by atoms with Crippen LogP contribution in [0, 0.1) is 5.92 Å². The predicted octanol–water partition coefficient (Wildman–Crippen LogP) is 3.26. The number of carboxylic acid groups (broad SMARTS) is 1. The molecule has 0 aromatic heterocycles. The van der Waals surface area contributed by atoms with E-state index in [9.17, 15) is 9.90 Å². The third-order valence-electron chi connectivity index (χ3n) is 5.44. The van der Waals surface area contributed by atoms with Crippen LogP contribution >= 0.6 is 11.6 Å². The quantitative estimate of drug-likeness (QED) is 0.824. The van der Waals surface area contributed by atoms with Crippen molar-refractivity contribution in [2.24, 2.45) is 5.92 Å². The van der Waals surface area contributed by atoms with Gasteiger partial charge in [0.1, 0.15) is 0 Å². The molecule has 1 N–H and O–H groups in total. The van der Waals surface area contributed by atoms with Gasteiger partial charge in [0.2, 0.25) is 6.79 Å². The Labute approximate surface area is 155 Å². The molecule has 3 aliphatic rings. The summed E-state index contributed by atoms with van der Waals surface area (Å²) in [6.07, 6.45) is 5.04. The van der Waals surface area contributed by atoms with Gasteiger partial charge in [0.05, 0.1) is 22.7 Å². The lowest BCUT2D eigenvalue weighted by atomic mass is 9.75. The van der Waals surface area contributed by atoms with Gasteiger partial charge in [-0.1, -0.05) is 35.9 Å². The molecule has 0 saturated carbocycles. The number of rotatable bonds is 2. The van der Waals surface area contributed by atoms with E-state index in [0.717, 1.165) is 23.5 Å². The maximum absolute atomic E-state index is 11.6. The summed E-state index contributed by atoms with van der Waals surface area (Å²) >= 11 is 6.41. The third kappa shape index (κ3) is 2.20. The molecule has 5 nitrogen and oxygen atoms in total. The molecule has 1 aliphatic carbocycles. The first-order chi connectivity index (χ1) is 12.6. The molecule has 2 aliphatic heterocycles. The number of fused-ring (bicyclic) bond motifs is 4. The van der Waals surface area contributed by atoms with E-state index < -0.39 is 5.97 Å². The minimum absolute atomic E-state index is 0.00787. The van der Waals surface area contributed by atoms with E-state index in [-0.39, 0.29) is 30.2 Å². The van der Waals surface area contributed by atoms with Crippen LogP contribution in [-0.4, -0.2) is 12.8 Å². The van der Waals surface area contributed by atoms with Gasteiger partial charge in [0.15, 0.2) is 11.5 Å². The van der Waals surface area contributed by atoms with Gasteiger partial charge in [-0.05, 0) is 41.7 Å². The van der Waals surface area contributed by atoms with Gasteiger partial charge in [-0.2, -0.15) is 0 Å². The SMILES string of the molecule is O=C([O-])c1ccc(Cl)c2c1[C@H]1C=CC[C@H]1[C@H](c1ccc3c(c1)OCO3)N2. The lowest BCUT2D eigenvalue weighted by Gasteiger charge is -2.39. The second-order valence-electron chi connectivity index (χ2n) is 6.76. The van der Waals surface area contributed by atoms with Crippen molar-refractivity contribution in [1.29, 1.82) is 0 Å². The number of anilines is 1. The average Bonchev–Trinajstić information content (AvgIpc) is 3.29. The number of benzene rings is 2. The molecule has 0 amide bonds. The molecule has 2 heterocycles. The summed E-state index contributed by atoms with van der Waals surface area (Å²) in [7, 11) is 0. The molecular weight excluding hydrogens is 354 g/mol. The first-order valence-electron chi connectivity index (χ1n) is 8.50. The van der Waals surface area contributed by atoms with Crippen molar-refractivity contribution in [2.45, 2.75) is 18.4 Å². The Morgan fingerprint density at radius 2 is 2.04 bits per heavy atom. The molecule has 0 radical (unpaired) electrons. The third-order valence-corrected chi connectivity index (χ3v) is 5.76. The van der Waals surface area contributed by atoms with E-state index in [2.05, 4.69) is 17.5 Å². The van der Waals surface area contributed by atoms with Gasteiger partial charge in [0, 0.05) is 11.5 Å². The summed E-state index contributed by atoms with van der Waals surface area (Å²) in [5.74, 6) is 0.462. The van der Waals surface area contributed by atoms with Crippen LogP contribution in [0.3, 0.4) is 0 Å². The highest BCUT2D eigenvalue weighted by molar-refractivity contribution is 6.33. The fourth-order valence-corrected chi connectivity index (χ4v) is 4.51. The number of carboxylic acids is 1. The van der Waals surface area contributed by atoms with Crippen molar-refractivity contribution in [3.8, 4) is 11.5 Å². The lowest BCUT2D eigenvalue weighted by Crippen LogP contribution is -2.33. The molecule has 5 rings (SSSR count). The Hall–Kier alpha value is -2.66. The van der Waals surface area contributed by atoms with Crippen molar-refractivity contribution in [3.05, 3.63) is 64.2 Å². The summed E-state index contributed by atoms with van der Waals surface area (Å²) in [5, 5.41) is 15.6. The number of ether oxygens (including phenoxy) is 2. The number of hydrogen-bond donors (Lipinski definition) is 1. The smallest absolute Gasteiger partial charge is 0.231 e. The van der Waals surface area contributed by atoms with Crippen molar-refractivity contribution in [3.63, 3.8) is 0 Å². The van der Waals surface area contributed by atoms with Gasteiger partial charge in [-0.15, -0.1) is 0 Å².